The van der Waals surface area contributed by atoms with E-state index < -0.39 is 0 Å². The van der Waals surface area contributed by atoms with Gasteiger partial charge in [-0.15, -0.1) is 0 Å². The van der Waals surface area contributed by atoms with Crippen molar-refractivity contribution in [2.24, 2.45) is 0 Å². The van der Waals surface area contributed by atoms with Crippen molar-refractivity contribution in [2.75, 3.05) is 0 Å². The van der Waals surface area contributed by atoms with Gasteiger partial charge in [-0.2, -0.15) is 0 Å². The molecule has 0 aliphatic rings. The number of hydrogen-bond donors (Lipinski definition) is 0. The van der Waals surface area contributed by atoms with Crippen LogP contribution >= 0.6 is 15.9 Å². The second kappa shape index (κ2) is 5.12. The number of rotatable bonds is 2. The third kappa shape index (κ3) is 2.48. The topological polar surface area (TPSA) is 13.1 Å². The highest BCUT2D eigenvalue weighted by atomic mass is 79.9. The average Bonchev–Trinajstić information content (AvgIpc) is 2.51. The smallest absolute Gasteiger partial charge is 0.123 e. The van der Waals surface area contributed by atoms with Crippen molar-refractivity contribution < 1.29 is 8.81 Å². The van der Waals surface area contributed by atoms with E-state index in [4.69, 9.17) is 4.42 Å². The molecule has 1 aromatic carbocycles. The van der Waals surface area contributed by atoms with E-state index in [-0.39, 0.29) is 10.6 Å². The van der Waals surface area contributed by atoms with Crippen LogP contribution in [0.4, 0.5) is 4.39 Å². The molecule has 3 heteroatoms. The van der Waals surface area contributed by atoms with Gasteiger partial charge in [-0.3, -0.25) is 0 Å². The number of alkyl halides is 1. The minimum atomic E-state index is -0.185. The Kier molecular flexibility index (Phi) is 3.86. The normalized spacial score (nSPS) is 12.8. The first-order valence-electron chi connectivity index (χ1n) is 6.30. The highest BCUT2D eigenvalue weighted by Crippen LogP contribution is 2.40. The monoisotopic (exact) mass is 324 g/mol. The van der Waals surface area contributed by atoms with Crippen molar-refractivity contribution in [2.45, 2.75) is 39.4 Å². The molecule has 102 valence electrons. The summed E-state index contributed by atoms with van der Waals surface area (Å²) in [6.45, 7) is 9.88. The molecule has 0 aliphatic carbocycles. The third-order valence-electron chi connectivity index (χ3n) is 3.68. The first-order valence-corrected chi connectivity index (χ1v) is 7.21. The summed E-state index contributed by atoms with van der Waals surface area (Å²) in [5, 5.41) is 0. The van der Waals surface area contributed by atoms with E-state index in [9.17, 15) is 4.39 Å². The second-order valence-corrected chi connectivity index (χ2v) is 5.98. The molecule has 1 aromatic heterocycles. The standard InChI is InChI=1S/C16H18BrFO/c1-8-6-13(18)7-9(2)14(8)16(17)15-10(3)11(4)19-12(15)5/h6-7,16H,1-5H3. The Morgan fingerprint density at radius 3 is 1.89 bits per heavy atom. The second-order valence-electron chi connectivity index (χ2n) is 5.07. The van der Waals surface area contributed by atoms with Crippen LogP contribution in [-0.4, -0.2) is 0 Å². The molecule has 0 aliphatic heterocycles. The molecule has 1 heterocycles. The Bertz CT molecular complexity index is 605. The lowest BCUT2D eigenvalue weighted by molar-refractivity contribution is 0.500. The van der Waals surface area contributed by atoms with Crippen LogP contribution in [0.5, 0.6) is 0 Å². The fourth-order valence-corrected chi connectivity index (χ4v) is 4.04. The van der Waals surface area contributed by atoms with E-state index >= 15 is 0 Å². The van der Waals surface area contributed by atoms with Crippen molar-refractivity contribution in [1.29, 1.82) is 0 Å². The largest absolute Gasteiger partial charge is 0.466 e. The lowest BCUT2D eigenvalue weighted by Gasteiger charge is -2.17. The van der Waals surface area contributed by atoms with Crippen LogP contribution in [-0.2, 0) is 0 Å². The lowest BCUT2D eigenvalue weighted by atomic mass is 9.94. The number of furan rings is 1. The van der Waals surface area contributed by atoms with E-state index in [1.165, 1.54) is 0 Å². The predicted molar refractivity (Wildman–Crippen MR) is 79.6 cm³/mol. The van der Waals surface area contributed by atoms with Crippen molar-refractivity contribution in [1.82, 2.24) is 0 Å². The molecule has 0 fully saturated rings. The van der Waals surface area contributed by atoms with Gasteiger partial charge in [0.1, 0.15) is 17.3 Å². The maximum absolute atomic E-state index is 13.4. The Labute approximate surface area is 122 Å². The molecule has 1 unspecified atom stereocenters. The third-order valence-corrected chi connectivity index (χ3v) is 4.60. The van der Waals surface area contributed by atoms with Gasteiger partial charge in [-0.1, -0.05) is 15.9 Å². The van der Waals surface area contributed by atoms with Crippen LogP contribution in [0.3, 0.4) is 0 Å². The van der Waals surface area contributed by atoms with E-state index in [1.54, 1.807) is 12.1 Å². The van der Waals surface area contributed by atoms with Gasteiger partial charge in [0.15, 0.2) is 0 Å². The Hall–Kier alpha value is -1.09. The summed E-state index contributed by atoms with van der Waals surface area (Å²) in [7, 11) is 0. The molecule has 0 bridgehead atoms. The Morgan fingerprint density at radius 1 is 0.947 bits per heavy atom. The van der Waals surface area contributed by atoms with Gasteiger partial charge < -0.3 is 4.42 Å². The summed E-state index contributed by atoms with van der Waals surface area (Å²) in [6.07, 6.45) is 0. The quantitative estimate of drug-likeness (QED) is 0.670. The fraction of sp³-hybridized carbons (Fsp3) is 0.375. The van der Waals surface area contributed by atoms with Gasteiger partial charge in [0.25, 0.3) is 0 Å². The summed E-state index contributed by atoms with van der Waals surface area (Å²) in [5.41, 5.74) is 5.33. The summed E-state index contributed by atoms with van der Waals surface area (Å²) in [5.74, 6) is 1.67. The van der Waals surface area contributed by atoms with Crippen molar-refractivity contribution in [3.05, 3.63) is 57.3 Å². The van der Waals surface area contributed by atoms with Gasteiger partial charge in [0, 0.05) is 5.56 Å². The first-order chi connectivity index (χ1) is 8.82. The van der Waals surface area contributed by atoms with E-state index in [1.807, 2.05) is 27.7 Å². The molecular weight excluding hydrogens is 307 g/mol. The zero-order valence-electron chi connectivity index (χ0n) is 11.9. The molecule has 19 heavy (non-hydrogen) atoms. The Morgan fingerprint density at radius 2 is 1.47 bits per heavy atom. The van der Waals surface area contributed by atoms with Crippen LogP contribution in [0.25, 0.3) is 0 Å². The molecule has 1 atom stereocenters. The maximum Gasteiger partial charge on any atom is 0.123 e. The highest BCUT2D eigenvalue weighted by Gasteiger charge is 2.23. The van der Waals surface area contributed by atoms with Gasteiger partial charge in [-0.25, -0.2) is 4.39 Å². The van der Waals surface area contributed by atoms with E-state index in [2.05, 4.69) is 22.9 Å². The summed E-state index contributed by atoms with van der Waals surface area (Å²) in [4.78, 5) is 0.0329. The molecule has 0 N–H and O–H groups in total. The van der Waals surface area contributed by atoms with Crippen molar-refractivity contribution >= 4 is 15.9 Å². The van der Waals surface area contributed by atoms with Crippen molar-refractivity contribution in [3.8, 4) is 0 Å². The van der Waals surface area contributed by atoms with Crippen LogP contribution in [0, 0.1) is 40.4 Å². The van der Waals surface area contributed by atoms with Gasteiger partial charge in [-0.05, 0) is 69.0 Å². The fourth-order valence-electron chi connectivity index (χ4n) is 2.65. The van der Waals surface area contributed by atoms with Crippen LogP contribution in [0.1, 0.15) is 44.2 Å². The summed E-state index contributed by atoms with van der Waals surface area (Å²) >= 11 is 3.75. The average molecular weight is 325 g/mol. The molecular formula is C16H18BrFO. The maximum atomic E-state index is 13.4. The highest BCUT2D eigenvalue weighted by molar-refractivity contribution is 9.09. The molecule has 0 amide bonds. The molecule has 0 spiro atoms. The number of benzene rings is 1. The lowest BCUT2D eigenvalue weighted by Crippen LogP contribution is -2.02. The molecule has 2 rings (SSSR count). The van der Waals surface area contributed by atoms with Crippen LogP contribution < -0.4 is 0 Å². The molecule has 0 saturated heterocycles. The van der Waals surface area contributed by atoms with E-state index in [0.717, 1.165) is 39.3 Å². The van der Waals surface area contributed by atoms with Crippen LogP contribution in [0.15, 0.2) is 16.5 Å². The number of hydrogen-bond acceptors (Lipinski definition) is 1. The van der Waals surface area contributed by atoms with Gasteiger partial charge in [0.2, 0.25) is 0 Å². The predicted octanol–water partition coefficient (Wildman–Crippen LogP) is 5.45. The number of aryl methyl sites for hydroxylation is 4. The van der Waals surface area contributed by atoms with E-state index in [0.29, 0.717) is 0 Å². The van der Waals surface area contributed by atoms with Gasteiger partial charge in [0.05, 0.1) is 4.83 Å². The first kappa shape index (κ1) is 14.3. The summed E-state index contributed by atoms with van der Waals surface area (Å²) < 4.78 is 19.1. The molecule has 2 aromatic rings. The molecule has 1 nitrogen and oxygen atoms in total. The summed E-state index contributed by atoms with van der Waals surface area (Å²) in [6, 6.07) is 3.16. The number of halogens is 2. The minimum absolute atomic E-state index is 0.0329. The molecule has 0 radical (unpaired) electrons. The SMILES string of the molecule is Cc1cc(F)cc(C)c1C(Br)c1c(C)oc(C)c1C. The zero-order valence-corrected chi connectivity index (χ0v) is 13.5. The minimum Gasteiger partial charge on any atom is -0.466 e. The molecule has 0 saturated carbocycles. The Balaban J connectivity index is 2.59. The van der Waals surface area contributed by atoms with Crippen LogP contribution in [0.2, 0.25) is 0 Å². The van der Waals surface area contributed by atoms with Gasteiger partial charge >= 0.3 is 0 Å². The zero-order chi connectivity index (χ0) is 14.3. The van der Waals surface area contributed by atoms with Crippen molar-refractivity contribution in [3.63, 3.8) is 0 Å².